The van der Waals surface area contributed by atoms with Crippen molar-refractivity contribution in [1.29, 1.82) is 0 Å². The molecule has 154 valence electrons. The van der Waals surface area contributed by atoms with Gasteiger partial charge in [0.05, 0.1) is 24.9 Å². The molecule has 0 saturated heterocycles. The zero-order valence-electron chi connectivity index (χ0n) is 16.7. The number of thioether (sulfide) groups is 1. The normalized spacial score (nSPS) is 11.0. The van der Waals surface area contributed by atoms with E-state index in [0.717, 1.165) is 33.2 Å². The number of H-pyrrole nitrogens is 1. The molecule has 0 atom stereocenters. The average Bonchev–Trinajstić information content (AvgIpc) is 3.16. The lowest BCUT2D eigenvalue weighted by molar-refractivity contribution is 0.310. The van der Waals surface area contributed by atoms with Crippen LogP contribution in [0.25, 0.3) is 11.2 Å². The summed E-state index contributed by atoms with van der Waals surface area (Å²) in [7, 11) is 1.66. The lowest BCUT2D eigenvalue weighted by Gasteiger charge is -2.08. The summed E-state index contributed by atoms with van der Waals surface area (Å²) < 4.78 is 24.1. The quantitative estimate of drug-likeness (QED) is 0.413. The number of hydrogen-bond acceptors (Lipinski definition) is 6. The molecule has 30 heavy (non-hydrogen) atoms. The maximum absolute atomic E-state index is 13.0. The third kappa shape index (κ3) is 4.71. The number of pyridine rings is 2. The van der Waals surface area contributed by atoms with Gasteiger partial charge in [-0.2, -0.15) is 4.98 Å². The van der Waals surface area contributed by atoms with E-state index in [1.54, 1.807) is 37.2 Å². The van der Waals surface area contributed by atoms with Gasteiger partial charge in [-0.25, -0.2) is 9.37 Å². The minimum atomic E-state index is -0.240. The van der Waals surface area contributed by atoms with Crippen LogP contribution in [0.2, 0.25) is 0 Å². The highest BCUT2D eigenvalue weighted by Crippen LogP contribution is 2.27. The van der Waals surface area contributed by atoms with Gasteiger partial charge in [-0.15, -0.1) is 0 Å². The Kier molecular flexibility index (Phi) is 6.13. The molecule has 0 unspecified atom stereocenters. The summed E-state index contributed by atoms with van der Waals surface area (Å²) in [6.07, 6.45) is 2.42. The molecule has 0 aliphatic carbocycles. The molecule has 4 rings (SSSR count). The topological polar surface area (TPSA) is 72.9 Å². The smallest absolute Gasteiger partial charge is 0.215 e. The zero-order valence-corrected chi connectivity index (χ0v) is 17.5. The van der Waals surface area contributed by atoms with Gasteiger partial charge in [0.25, 0.3) is 0 Å². The Bertz CT molecular complexity index is 1150. The molecule has 6 nitrogen and oxygen atoms in total. The van der Waals surface area contributed by atoms with Crippen LogP contribution in [0.5, 0.6) is 11.6 Å². The van der Waals surface area contributed by atoms with E-state index in [1.807, 2.05) is 25.1 Å². The van der Waals surface area contributed by atoms with Crippen LogP contribution < -0.4 is 9.47 Å². The predicted octanol–water partition coefficient (Wildman–Crippen LogP) is 4.72. The minimum Gasteiger partial charge on any atom is -0.496 e. The van der Waals surface area contributed by atoms with E-state index in [-0.39, 0.29) is 5.82 Å². The average molecular weight is 425 g/mol. The van der Waals surface area contributed by atoms with Crippen LogP contribution in [-0.2, 0) is 12.2 Å². The number of halogens is 1. The second kappa shape index (κ2) is 9.13. The molecule has 0 aliphatic rings. The number of ether oxygens (including phenoxy) is 2. The molecular formula is C22H21FN4O2S. The number of nitrogens with one attached hydrogen (secondary N) is 1. The molecule has 1 N–H and O–H groups in total. The van der Waals surface area contributed by atoms with Crippen LogP contribution in [0, 0.1) is 12.7 Å². The van der Waals surface area contributed by atoms with Crippen LogP contribution in [-0.4, -0.2) is 33.7 Å². The summed E-state index contributed by atoms with van der Waals surface area (Å²) in [6, 6.07) is 12.0. The molecule has 0 aliphatic heterocycles. The van der Waals surface area contributed by atoms with Crippen LogP contribution in [0.3, 0.4) is 0 Å². The molecule has 3 heterocycles. The van der Waals surface area contributed by atoms with Crippen molar-refractivity contribution in [3.05, 3.63) is 71.3 Å². The first-order valence-corrected chi connectivity index (χ1v) is 10.5. The second-order valence-electron chi connectivity index (χ2n) is 6.66. The van der Waals surface area contributed by atoms with E-state index >= 15 is 0 Å². The van der Waals surface area contributed by atoms with Crippen molar-refractivity contribution in [1.82, 2.24) is 19.9 Å². The van der Waals surface area contributed by atoms with Gasteiger partial charge in [0.2, 0.25) is 5.88 Å². The van der Waals surface area contributed by atoms with Crippen LogP contribution >= 0.6 is 11.8 Å². The molecule has 1 aromatic carbocycles. The van der Waals surface area contributed by atoms with E-state index in [2.05, 4.69) is 19.9 Å². The van der Waals surface area contributed by atoms with E-state index in [1.165, 1.54) is 12.1 Å². The zero-order chi connectivity index (χ0) is 20.9. The number of benzene rings is 1. The first-order valence-electron chi connectivity index (χ1n) is 9.47. The first kappa shape index (κ1) is 20.2. The highest BCUT2D eigenvalue weighted by Gasteiger charge is 2.10. The van der Waals surface area contributed by atoms with Gasteiger partial charge in [-0.05, 0) is 36.8 Å². The standard InChI is InChI=1S/C22H21FN4O2S/c1-14-18(24-11-9-19(14)28-2)13-30-22-25-17-7-8-20(26-21(17)27-22)29-12-10-15-3-5-16(23)6-4-15/h3-9,11H,10,12-13H2,1-2H3,(H,25,26,27). The monoisotopic (exact) mass is 424 g/mol. The summed E-state index contributed by atoms with van der Waals surface area (Å²) in [5.74, 6) is 1.77. The maximum atomic E-state index is 13.0. The van der Waals surface area contributed by atoms with Crippen molar-refractivity contribution in [2.45, 2.75) is 24.3 Å². The molecule has 0 saturated carbocycles. The molecular weight excluding hydrogens is 403 g/mol. The third-order valence-electron chi connectivity index (χ3n) is 4.68. The molecule has 0 spiro atoms. The molecule has 0 fully saturated rings. The van der Waals surface area contributed by atoms with Crippen molar-refractivity contribution in [3.8, 4) is 11.6 Å². The predicted molar refractivity (Wildman–Crippen MR) is 115 cm³/mol. The number of aromatic nitrogens is 4. The Hall–Kier alpha value is -3.13. The van der Waals surface area contributed by atoms with Crippen LogP contribution in [0.15, 0.2) is 53.8 Å². The van der Waals surface area contributed by atoms with E-state index in [9.17, 15) is 4.39 Å². The van der Waals surface area contributed by atoms with E-state index in [4.69, 9.17) is 9.47 Å². The number of rotatable bonds is 8. The van der Waals surface area contributed by atoms with Gasteiger partial charge in [0.15, 0.2) is 10.8 Å². The van der Waals surface area contributed by atoms with Crippen molar-refractivity contribution >= 4 is 22.9 Å². The fraction of sp³-hybridized carbons (Fsp3) is 0.227. The van der Waals surface area contributed by atoms with Crippen molar-refractivity contribution < 1.29 is 13.9 Å². The minimum absolute atomic E-state index is 0.240. The van der Waals surface area contributed by atoms with Crippen molar-refractivity contribution in [3.63, 3.8) is 0 Å². The van der Waals surface area contributed by atoms with Gasteiger partial charge in [-0.3, -0.25) is 4.98 Å². The largest absolute Gasteiger partial charge is 0.496 e. The number of hydrogen-bond donors (Lipinski definition) is 1. The highest BCUT2D eigenvalue weighted by molar-refractivity contribution is 7.98. The van der Waals surface area contributed by atoms with Gasteiger partial charge in [0.1, 0.15) is 11.6 Å². The van der Waals surface area contributed by atoms with Gasteiger partial charge >= 0.3 is 0 Å². The Morgan fingerprint density at radius 3 is 2.70 bits per heavy atom. The summed E-state index contributed by atoms with van der Waals surface area (Å²) in [4.78, 5) is 16.7. The fourth-order valence-electron chi connectivity index (χ4n) is 2.99. The molecule has 0 bridgehead atoms. The Labute approximate surface area is 177 Å². The third-order valence-corrected chi connectivity index (χ3v) is 5.56. The first-order chi connectivity index (χ1) is 14.6. The number of imidazole rings is 1. The van der Waals surface area contributed by atoms with Crippen molar-refractivity contribution in [2.24, 2.45) is 0 Å². The fourth-order valence-corrected chi connectivity index (χ4v) is 3.89. The maximum Gasteiger partial charge on any atom is 0.215 e. The van der Waals surface area contributed by atoms with Gasteiger partial charge in [-0.1, -0.05) is 23.9 Å². The van der Waals surface area contributed by atoms with Crippen molar-refractivity contribution in [2.75, 3.05) is 13.7 Å². The van der Waals surface area contributed by atoms with E-state index in [0.29, 0.717) is 30.3 Å². The molecule has 8 heteroatoms. The SMILES string of the molecule is COc1ccnc(CSc2nc3nc(OCCc4ccc(F)cc4)ccc3[nH]2)c1C. The Morgan fingerprint density at radius 2 is 1.90 bits per heavy atom. The number of nitrogens with zero attached hydrogens (tertiary/aromatic N) is 3. The van der Waals surface area contributed by atoms with Gasteiger partial charge < -0.3 is 14.5 Å². The van der Waals surface area contributed by atoms with Crippen LogP contribution in [0.1, 0.15) is 16.8 Å². The number of fused-ring (bicyclic) bond motifs is 1. The molecule has 0 radical (unpaired) electrons. The number of aromatic amines is 1. The summed E-state index contributed by atoms with van der Waals surface area (Å²) in [5.41, 5.74) is 4.44. The van der Waals surface area contributed by atoms with E-state index < -0.39 is 0 Å². The Balaban J connectivity index is 1.38. The summed E-state index contributed by atoms with van der Waals surface area (Å²) >= 11 is 1.56. The Morgan fingerprint density at radius 1 is 1.07 bits per heavy atom. The molecule has 4 aromatic rings. The summed E-state index contributed by atoms with van der Waals surface area (Å²) in [6.45, 7) is 2.45. The lowest BCUT2D eigenvalue weighted by atomic mass is 10.2. The van der Waals surface area contributed by atoms with Crippen LogP contribution in [0.4, 0.5) is 4.39 Å². The summed E-state index contributed by atoms with van der Waals surface area (Å²) in [5, 5.41) is 0.769. The van der Waals surface area contributed by atoms with Gasteiger partial charge in [0, 0.05) is 30.0 Å². The second-order valence-corrected chi connectivity index (χ2v) is 7.63. The number of methoxy groups -OCH3 is 1. The highest BCUT2D eigenvalue weighted by atomic mass is 32.2. The molecule has 3 aromatic heterocycles. The molecule has 0 amide bonds. The lowest BCUT2D eigenvalue weighted by Crippen LogP contribution is -2.02.